The minimum absolute atomic E-state index is 0.0866. The van der Waals surface area contributed by atoms with Gasteiger partial charge in [-0.25, -0.2) is 0 Å². The lowest BCUT2D eigenvalue weighted by atomic mass is 10.1. The molecule has 0 saturated heterocycles. The topological polar surface area (TPSA) is 38.3 Å². The van der Waals surface area contributed by atoms with Crippen LogP contribution in [0.2, 0.25) is 0 Å². The van der Waals surface area contributed by atoms with Gasteiger partial charge in [-0.05, 0) is 35.6 Å². The number of rotatable bonds is 3. The largest absolute Gasteiger partial charge is 0.482 e. The van der Waals surface area contributed by atoms with E-state index in [1.54, 1.807) is 11.8 Å². The van der Waals surface area contributed by atoms with Crippen molar-refractivity contribution in [2.24, 2.45) is 0 Å². The van der Waals surface area contributed by atoms with Crippen molar-refractivity contribution in [3.63, 3.8) is 0 Å². The zero-order valence-electron chi connectivity index (χ0n) is 11.6. The average Bonchev–Trinajstić information content (AvgIpc) is 2.52. The summed E-state index contributed by atoms with van der Waals surface area (Å²) >= 11 is 1.73. The van der Waals surface area contributed by atoms with E-state index in [9.17, 15) is 4.79 Å². The summed E-state index contributed by atoms with van der Waals surface area (Å²) in [7, 11) is 0. The van der Waals surface area contributed by atoms with Gasteiger partial charge >= 0.3 is 0 Å². The quantitative estimate of drug-likeness (QED) is 0.689. The fourth-order valence-corrected chi connectivity index (χ4v) is 2.78. The molecule has 0 bridgehead atoms. The van der Waals surface area contributed by atoms with E-state index in [0.29, 0.717) is 0 Å². The second-order valence-corrected chi connectivity index (χ2v) is 5.52. The highest BCUT2D eigenvalue weighted by atomic mass is 32.2. The molecule has 0 spiro atoms. The van der Waals surface area contributed by atoms with Crippen LogP contribution in [0.5, 0.6) is 5.75 Å². The van der Waals surface area contributed by atoms with E-state index in [4.69, 9.17) is 4.74 Å². The van der Waals surface area contributed by atoms with Crippen LogP contribution in [0.3, 0.4) is 0 Å². The molecule has 3 nitrogen and oxygen atoms in total. The molecular formula is C17H15NO2S. The van der Waals surface area contributed by atoms with Crippen molar-refractivity contribution in [3.05, 3.63) is 53.6 Å². The maximum Gasteiger partial charge on any atom is 0.262 e. The molecule has 4 heteroatoms. The molecular weight excluding hydrogens is 282 g/mol. The Labute approximate surface area is 128 Å². The number of carbonyl (C=O) groups is 1. The zero-order chi connectivity index (χ0) is 14.7. The number of carbonyl (C=O) groups excluding carboxylic acids is 1. The third kappa shape index (κ3) is 3.11. The third-order valence-corrected chi connectivity index (χ3v) is 4.04. The standard InChI is InChI=1S/C17H15NO2S/c1-21-16-5-3-2-4-13(16)8-6-12-7-9-15-14(10-12)18-17(19)11-20-15/h2-10H,11H2,1H3,(H,18,19). The second-order valence-electron chi connectivity index (χ2n) is 4.67. The van der Waals surface area contributed by atoms with Crippen LogP contribution in [0.1, 0.15) is 11.1 Å². The molecule has 106 valence electrons. The van der Waals surface area contributed by atoms with Gasteiger partial charge in [-0.15, -0.1) is 11.8 Å². The van der Waals surface area contributed by atoms with Crippen LogP contribution in [0.15, 0.2) is 47.4 Å². The molecule has 2 aromatic carbocycles. The Morgan fingerprint density at radius 3 is 2.90 bits per heavy atom. The molecule has 1 amide bonds. The van der Waals surface area contributed by atoms with Crippen LogP contribution in [-0.2, 0) is 4.79 Å². The number of benzene rings is 2. The lowest BCUT2D eigenvalue weighted by Crippen LogP contribution is -2.25. The third-order valence-electron chi connectivity index (χ3n) is 3.23. The molecule has 1 aliphatic heterocycles. The summed E-state index contributed by atoms with van der Waals surface area (Å²) in [5, 5.41) is 2.82. The molecule has 3 rings (SSSR count). The summed E-state index contributed by atoms with van der Waals surface area (Å²) in [6.07, 6.45) is 6.19. The molecule has 1 heterocycles. The van der Waals surface area contributed by atoms with Crippen molar-refractivity contribution in [1.29, 1.82) is 0 Å². The molecule has 0 aliphatic carbocycles. The average molecular weight is 297 g/mol. The fourth-order valence-electron chi connectivity index (χ4n) is 2.19. The van der Waals surface area contributed by atoms with Crippen molar-refractivity contribution < 1.29 is 9.53 Å². The van der Waals surface area contributed by atoms with Crippen molar-refractivity contribution in [2.75, 3.05) is 18.2 Å². The summed E-state index contributed by atoms with van der Waals surface area (Å²) in [6.45, 7) is 0.0866. The van der Waals surface area contributed by atoms with Crippen molar-refractivity contribution in [2.45, 2.75) is 4.90 Å². The highest BCUT2D eigenvalue weighted by Gasteiger charge is 2.15. The number of fused-ring (bicyclic) bond motifs is 1. The minimum Gasteiger partial charge on any atom is -0.482 e. The van der Waals surface area contributed by atoms with E-state index in [2.05, 4.69) is 29.8 Å². The normalized spacial score (nSPS) is 13.7. The summed E-state index contributed by atoms with van der Waals surface area (Å²) < 4.78 is 5.35. The van der Waals surface area contributed by atoms with Gasteiger partial charge in [-0.3, -0.25) is 4.79 Å². The first-order valence-corrected chi connectivity index (χ1v) is 7.86. The van der Waals surface area contributed by atoms with Crippen LogP contribution >= 0.6 is 11.8 Å². The first kappa shape index (κ1) is 13.8. The SMILES string of the molecule is CSc1ccccc1C=Cc1ccc2c(c1)NC(=O)CO2. The van der Waals surface area contributed by atoms with E-state index in [1.807, 2.05) is 36.4 Å². The van der Waals surface area contributed by atoms with E-state index in [1.165, 1.54) is 10.5 Å². The van der Waals surface area contributed by atoms with Gasteiger partial charge in [0.05, 0.1) is 5.69 Å². The van der Waals surface area contributed by atoms with Crippen LogP contribution in [0, 0.1) is 0 Å². The van der Waals surface area contributed by atoms with Gasteiger partial charge in [0.1, 0.15) is 5.75 Å². The molecule has 0 atom stereocenters. The molecule has 0 aromatic heterocycles. The van der Waals surface area contributed by atoms with Gasteiger partial charge in [-0.1, -0.05) is 36.4 Å². The number of nitrogens with one attached hydrogen (secondary N) is 1. The lowest BCUT2D eigenvalue weighted by Gasteiger charge is -2.17. The highest BCUT2D eigenvalue weighted by molar-refractivity contribution is 7.98. The predicted octanol–water partition coefficient (Wildman–Crippen LogP) is 3.91. The van der Waals surface area contributed by atoms with Gasteiger partial charge in [0.25, 0.3) is 5.91 Å². The molecule has 2 aromatic rings. The van der Waals surface area contributed by atoms with Gasteiger partial charge in [0.2, 0.25) is 0 Å². The van der Waals surface area contributed by atoms with Crippen LogP contribution < -0.4 is 10.1 Å². The summed E-state index contributed by atoms with van der Waals surface area (Å²) in [4.78, 5) is 12.6. The molecule has 1 N–H and O–H groups in total. The number of hydrogen-bond acceptors (Lipinski definition) is 3. The van der Waals surface area contributed by atoms with E-state index < -0.39 is 0 Å². The van der Waals surface area contributed by atoms with Gasteiger partial charge in [-0.2, -0.15) is 0 Å². The maximum absolute atomic E-state index is 11.3. The molecule has 0 radical (unpaired) electrons. The minimum atomic E-state index is -0.114. The summed E-state index contributed by atoms with van der Waals surface area (Å²) in [5.74, 6) is 0.604. The van der Waals surface area contributed by atoms with Crippen LogP contribution in [0.25, 0.3) is 12.2 Å². The predicted molar refractivity (Wildman–Crippen MR) is 87.7 cm³/mol. The van der Waals surface area contributed by atoms with Crippen LogP contribution in [0.4, 0.5) is 5.69 Å². The first-order chi connectivity index (χ1) is 10.3. The van der Waals surface area contributed by atoms with Gasteiger partial charge in [0, 0.05) is 4.90 Å². The fraction of sp³-hybridized carbons (Fsp3) is 0.118. The molecule has 0 fully saturated rings. The number of anilines is 1. The smallest absolute Gasteiger partial charge is 0.262 e. The van der Waals surface area contributed by atoms with E-state index in [0.717, 1.165) is 17.0 Å². The molecule has 0 saturated carbocycles. The van der Waals surface area contributed by atoms with E-state index >= 15 is 0 Å². The van der Waals surface area contributed by atoms with Crippen molar-refractivity contribution in [1.82, 2.24) is 0 Å². The second kappa shape index (κ2) is 6.06. The van der Waals surface area contributed by atoms with Gasteiger partial charge < -0.3 is 10.1 Å². The number of amides is 1. The number of ether oxygens (including phenoxy) is 1. The Balaban J connectivity index is 1.86. The van der Waals surface area contributed by atoms with Crippen molar-refractivity contribution >= 4 is 35.5 Å². The lowest BCUT2D eigenvalue weighted by molar-refractivity contribution is -0.118. The highest BCUT2D eigenvalue weighted by Crippen LogP contribution is 2.29. The van der Waals surface area contributed by atoms with Gasteiger partial charge in [0.15, 0.2) is 6.61 Å². The Kier molecular flexibility index (Phi) is 3.97. The summed E-state index contributed by atoms with van der Waals surface area (Å²) in [6, 6.07) is 14.0. The Hall–Kier alpha value is -2.20. The van der Waals surface area contributed by atoms with E-state index in [-0.39, 0.29) is 12.5 Å². The van der Waals surface area contributed by atoms with Crippen molar-refractivity contribution in [3.8, 4) is 5.75 Å². The van der Waals surface area contributed by atoms with Crippen LogP contribution in [-0.4, -0.2) is 18.8 Å². The number of thioether (sulfide) groups is 1. The first-order valence-electron chi connectivity index (χ1n) is 6.64. The summed E-state index contributed by atoms with van der Waals surface area (Å²) in [5.41, 5.74) is 2.94. The number of hydrogen-bond donors (Lipinski definition) is 1. The monoisotopic (exact) mass is 297 g/mol. The Bertz CT molecular complexity index is 710. The molecule has 0 unspecified atom stereocenters. The molecule has 1 aliphatic rings. The zero-order valence-corrected chi connectivity index (χ0v) is 12.4. The Morgan fingerprint density at radius 2 is 2.05 bits per heavy atom. The maximum atomic E-state index is 11.3. The Morgan fingerprint density at radius 1 is 1.19 bits per heavy atom. The molecule has 21 heavy (non-hydrogen) atoms.